The van der Waals surface area contributed by atoms with Gasteiger partial charge in [-0.15, -0.1) is 0 Å². The van der Waals surface area contributed by atoms with Crippen molar-refractivity contribution in [3.05, 3.63) is 29.7 Å². The summed E-state index contributed by atoms with van der Waals surface area (Å²) in [5.41, 5.74) is 1.98. The third-order valence-corrected chi connectivity index (χ3v) is 2.53. The standard InChI is InChI=1S/C12H17N3O2/c1-9-3-4-11(17-9)12-10(8-14-15-12)7-13-5-2-6-16/h3-4,8,13,16H,2,5-7H2,1H3,(H,14,15). The van der Waals surface area contributed by atoms with Gasteiger partial charge in [-0.2, -0.15) is 5.10 Å². The fourth-order valence-electron chi connectivity index (χ4n) is 1.65. The highest BCUT2D eigenvalue weighted by Crippen LogP contribution is 2.22. The summed E-state index contributed by atoms with van der Waals surface area (Å²) >= 11 is 0. The highest BCUT2D eigenvalue weighted by Gasteiger charge is 2.10. The Morgan fingerprint density at radius 1 is 1.47 bits per heavy atom. The molecule has 0 saturated carbocycles. The van der Waals surface area contributed by atoms with Gasteiger partial charge in [0.25, 0.3) is 0 Å². The minimum atomic E-state index is 0.211. The SMILES string of the molecule is Cc1ccc(-c2[nH]ncc2CNCCCO)o1. The topological polar surface area (TPSA) is 74.1 Å². The van der Waals surface area contributed by atoms with Crippen LogP contribution in [0.1, 0.15) is 17.7 Å². The van der Waals surface area contributed by atoms with Crippen molar-refractivity contribution in [3.8, 4) is 11.5 Å². The molecule has 0 spiro atoms. The van der Waals surface area contributed by atoms with Crippen LogP contribution in [0, 0.1) is 6.92 Å². The lowest BCUT2D eigenvalue weighted by Gasteiger charge is -2.03. The Morgan fingerprint density at radius 2 is 2.35 bits per heavy atom. The molecule has 0 atom stereocenters. The number of aromatic nitrogens is 2. The lowest BCUT2D eigenvalue weighted by molar-refractivity contribution is 0.286. The third kappa shape index (κ3) is 2.95. The second kappa shape index (κ2) is 5.65. The summed E-state index contributed by atoms with van der Waals surface area (Å²) in [5, 5.41) is 18.9. The van der Waals surface area contributed by atoms with Crippen molar-refractivity contribution in [2.45, 2.75) is 19.9 Å². The average Bonchev–Trinajstić information content (AvgIpc) is 2.93. The molecule has 17 heavy (non-hydrogen) atoms. The normalized spacial score (nSPS) is 10.9. The minimum absolute atomic E-state index is 0.211. The zero-order chi connectivity index (χ0) is 12.1. The Bertz CT molecular complexity index is 462. The van der Waals surface area contributed by atoms with E-state index in [1.165, 1.54) is 0 Å². The molecule has 2 aromatic rings. The molecule has 5 heteroatoms. The summed E-state index contributed by atoms with van der Waals surface area (Å²) in [6.45, 7) is 3.63. The van der Waals surface area contributed by atoms with Gasteiger partial charge in [-0.25, -0.2) is 0 Å². The molecule has 2 rings (SSSR count). The maximum Gasteiger partial charge on any atom is 0.152 e. The van der Waals surface area contributed by atoms with Crippen molar-refractivity contribution in [1.29, 1.82) is 0 Å². The summed E-state index contributed by atoms with van der Waals surface area (Å²) in [6, 6.07) is 3.86. The van der Waals surface area contributed by atoms with E-state index >= 15 is 0 Å². The molecular weight excluding hydrogens is 218 g/mol. The van der Waals surface area contributed by atoms with Crippen LogP contribution in [-0.2, 0) is 6.54 Å². The number of nitrogens with one attached hydrogen (secondary N) is 2. The van der Waals surface area contributed by atoms with E-state index in [0.29, 0.717) is 6.54 Å². The van der Waals surface area contributed by atoms with Crippen LogP contribution >= 0.6 is 0 Å². The molecule has 0 aromatic carbocycles. The van der Waals surface area contributed by atoms with Crippen LogP contribution in [0.2, 0.25) is 0 Å². The Balaban J connectivity index is 2.02. The van der Waals surface area contributed by atoms with Crippen molar-refractivity contribution in [3.63, 3.8) is 0 Å². The molecule has 5 nitrogen and oxygen atoms in total. The Kier molecular flexibility index (Phi) is 3.95. The van der Waals surface area contributed by atoms with Gasteiger partial charge >= 0.3 is 0 Å². The van der Waals surface area contributed by atoms with E-state index in [2.05, 4.69) is 15.5 Å². The number of aliphatic hydroxyl groups is 1. The summed E-state index contributed by atoms with van der Waals surface area (Å²) < 4.78 is 5.56. The quantitative estimate of drug-likeness (QED) is 0.662. The largest absolute Gasteiger partial charge is 0.460 e. The molecule has 0 aliphatic heterocycles. The van der Waals surface area contributed by atoms with Gasteiger partial charge < -0.3 is 14.8 Å². The molecule has 0 saturated heterocycles. The molecule has 0 aliphatic carbocycles. The number of H-pyrrole nitrogens is 1. The number of furan rings is 1. The van der Waals surface area contributed by atoms with Gasteiger partial charge in [0, 0.05) is 18.7 Å². The molecule has 0 fully saturated rings. The van der Waals surface area contributed by atoms with Crippen LogP contribution in [0.5, 0.6) is 0 Å². The second-order valence-electron chi connectivity index (χ2n) is 3.93. The average molecular weight is 235 g/mol. The predicted octanol–water partition coefficient (Wildman–Crippen LogP) is 1.45. The summed E-state index contributed by atoms with van der Waals surface area (Å²) in [7, 11) is 0. The van der Waals surface area contributed by atoms with E-state index in [-0.39, 0.29) is 6.61 Å². The number of aryl methyl sites for hydroxylation is 1. The number of hydrogen-bond acceptors (Lipinski definition) is 4. The molecule has 0 bridgehead atoms. The number of aliphatic hydroxyl groups excluding tert-OH is 1. The van der Waals surface area contributed by atoms with Crippen molar-refractivity contribution < 1.29 is 9.52 Å². The highest BCUT2D eigenvalue weighted by atomic mass is 16.3. The van der Waals surface area contributed by atoms with Crippen LogP contribution in [0.3, 0.4) is 0 Å². The fraction of sp³-hybridized carbons (Fsp3) is 0.417. The van der Waals surface area contributed by atoms with Crippen LogP contribution in [-0.4, -0.2) is 28.5 Å². The van der Waals surface area contributed by atoms with E-state index in [1.54, 1.807) is 6.20 Å². The first-order valence-corrected chi connectivity index (χ1v) is 5.72. The summed E-state index contributed by atoms with van der Waals surface area (Å²) in [5.74, 6) is 1.69. The molecule has 0 radical (unpaired) electrons. The fourth-order valence-corrected chi connectivity index (χ4v) is 1.65. The van der Waals surface area contributed by atoms with Crippen LogP contribution in [0.25, 0.3) is 11.5 Å². The Labute approximate surface area is 99.8 Å². The van der Waals surface area contributed by atoms with Crippen LogP contribution in [0.4, 0.5) is 0 Å². The summed E-state index contributed by atoms with van der Waals surface area (Å²) in [4.78, 5) is 0. The maximum absolute atomic E-state index is 8.69. The van der Waals surface area contributed by atoms with Gasteiger partial charge in [-0.1, -0.05) is 0 Å². The molecule has 2 heterocycles. The molecular formula is C12H17N3O2. The minimum Gasteiger partial charge on any atom is -0.460 e. The lowest BCUT2D eigenvalue weighted by Crippen LogP contribution is -2.15. The van der Waals surface area contributed by atoms with Crippen LogP contribution in [0.15, 0.2) is 22.7 Å². The van der Waals surface area contributed by atoms with Gasteiger partial charge in [-0.3, -0.25) is 5.10 Å². The first-order valence-electron chi connectivity index (χ1n) is 5.72. The molecule has 0 aliphatic rings. The number of hydrogen-bond donors (Lipinski definition) is 3. The van der Waals surface area contributed by atoms with Gasteiger partial charge in [0.1, 0.15) is 11.5 Å². The van der Waals surface area contributed by atoms with Gasteiger partial charge in [0.05, 0.1) is 6.20 Å². The van der Waals surface area contributed by atoms with Crippen molar-refractivity contribution in [2.24, 2.45) is 0 Å². The first-order chi connectivity index (χ1) is 8.31. The smallest absolute Gasteiger partial charge is 0.152 e. The predicted molar refractivity (Wildman–Crippen MR) is 64.4 cm³/mol. The first kappa shape index (κ1) is 11.9. The second-order valence-corrected chi connectivity index (χ2v) is 3.93. The highest BCUT2D eigenvalue weighted by molar-refractivity contribution is 5.56. The number of rotatable bonds is 6. The maximum atomic E-state index is 8.69. The van der Waals surface area contributed by atoms with Gasteiger partial charge in [-0.05, 0) is 32.0 Å². The molecule has 92 valence electrons. The van der Waals surface area contributed by atoms with E-state index in [0.717, 1.165) is 35.7 Å². The van der Waals surface area contributed by atoms with E-state index in [1.807, 2.05) is 19.1 Å². The van der Waals surface area contributed by atoms with Crippen molar-refractivity contribution in [1.82, 2.24) is 15.5 Å². The molecule has 2 aromatic heterocycles. The lowest BCUT2D eigenvalue weighted by atomic mass is 10.2. The summed E-state index contributed by atoms with van der Waals surface area (Å²) in [6.07, 6.45) is 2.55. The Hall–Kier alpha value is -1.59. The number of aromatic amines is 1. The molecule has 0 amide bonds. The number of nitrogens with zero attached hydrogens (tertiary/aromatic N) is 1. The third-order valence-electron chi connectivity index (χ3n) is 2.53. The molecule has 0 unspecified atom stereocenters. The van der Waals surface area contributed by atoms with Gasteiger partial charge in [0.15, 0.2) is 5.76 Å². The van der Waals surface area contributed by atoms with Crippen molar-refractivity contribution in [2.75, 3.05) is 13.2 Å². The van der Waals surface area contributed by atoms with Gasteiger partial charge in [0.2, 0.25) is 0 Å². The van der Waals surface area contributed by atoms with E-state index in [4.69, 9.17) is 9.52 Å². The van der Waals surface area contributed by atoms with Crippen LogP contribution < -0.4 is 5.32 Å². The zero-order valence-corrected chi connectivity index (χ0v) is 9.86. The zero-order valence-electron chi connectivity index (χ0n) is 9.86. The van der Waals surface area contributed by atoms with E-state index in [9.17, 15) is 0 Å². The monoisotopic (exact) mass is 235 g/mol. The van der Waals surface area contributed by atoms with E-state index < -0.39 is 0 Å². The molecule has 3 N–H and O–H groups in total. The Morgan fingerprint density at radius 3 is 3.06 bits per heavy atom. The van der Waals surface area contributed by atoms with Crippen molar-refractivity contribution >= 4 is 0 Å².